The van der Waals surface area contributed by atoms with E-state index in [1.54, 1.807) is 0 Å². The second-order valence-corrected chi connectivity index (χ2v) is 6.36. The fourth-order valence-electron chi connectivity index (χ4n) is 3.42. The van der Waals surface area contributed by atoms with Crippen molar-refractivity contribution in [3.05, 3.63) is 54.0 Å². The number of anilines is 1. The fraction of sp³-hybridized carbons (Fsp3) is 0.412. The van der Waals surface area contributed by atoms with Gasteiger partial charge in [-0.1, -0.05) is 30.3 Å². The van der Waals surface area contributed by atoms with Crippen LogP contribution in [-0.2, 0) is 6.42 Å². The third kappa shape index (κ3) is 3.54. The molecule has 2 fully saturated rings. The van der Waals surface area contributed by atoms with Gasteiger partial charge in [-0.05, 0) is 24.5 Å². The lowest BCUT2D eigenvalue weighted by molar-refractivity contribution is 0.298. The zero-order valence-electron chi connectivity index (χ0n) is 13.6. The average molecular weight is 325 g/mol. The molecule has 1 atom stereocenters. The van der Waals surface area contributed by atoms with Crippen LogP contribution in [-0.4, -0.2) is 29.2 Å². The molecule has 7 heteroatoms. The van der Waals surface area contributed by atoms with Crippen LogP contribution in [0.25, 0.3) is 0 Å². The Bertz CT molecular complexity index is 657. The Morgan fingerprint density at radius 2 is 1.92 bits per heavy atom. The summed E-state index contributed by atoms with van der Waals surface area (Å²) in [7, 11) is 0. The van der Waals surface area contributed by atoms with E-state index < -0.39 is 0 Å². The van der Waals surface area contributed by atoms with Crippen molar-refractivity contribution >= 4 is 5.82 Å². The molecule has 1 unspecified atom stereocenters. The summed E-state index contributed by atoms with van der Waals surface area (Å²) >= 11 is 0. The lowest BCUT2D eigenvalue weighted by Crippen LogP contribution is -2.49. The topological polar surface area (TPSA) is 77.1 Å². The van der Waals surface area contributed by atoms with Crippen molar-refractivity contribution in [2.24, 2.45) is 5.92 Å². The van der Waals surface area contributed by atoms with E-state index in [0.717, 1.165) is 31.2 Å². The van der Waals surface area contributed by atoms with Crippen molar-refractivity contribution in [3.8, 4) is 0 Å². The molecule has 0 amide bonds. The first-order valence-electron chi connectivity index (χ1n) is 8.50. The highest BCUT2D eigenvalue weighted by Gasteiger charge is 2.29. The van der Waals surface area contributed by atoms with Gasteiger partial charge in [0.25, 0.3) is 0 Å². The molecule has 0 spiro atoms. The number of nitrogens with one attached hydrogen (secondary N) is 4. The number of hydrogen-bond donors (Lipinski definition) is 4. The third-order valence-electron chi connectivity index (χ3n) is 4.67. The van der Waals surface area contributed by atoms with Gasteiger partial charge in [-0.15, -0.1) is 0 Å². The summed E-state index contributed by atoms with van der Waals surface area (Å²) in [6, 6.07) is 12.4. The quantitative estimate of drug-likeness (QED) is 0.660. The highest BCUT2D eigenvalue weighted by Crippen LogP contribution is 2.23. The molecular formula is C17H23N7. The smallest absolute Gasteiger partial charge is 0.135 e. The number of piperidine rings is 1. The molecule has 2 aliphatic rings. The van der Waals surface area contributed by atoms with Gasteiger partial charge in [0.2, 0.25) is 0 Å². The highest BCUT2D eigenvalue weighted by atomic mass is 15.8. The van der Waals surface area contributed by atoms with E-state index in [1.807, 2.05) is 18.3 Å². The van der Waals surface area contributed by atoms with Gasteiger partial charge < -0.3 is 4.90 Å². The molecule has 0 saturated carbocycles. The normalized spacial score (nSPS) is 22.0. The molecule has 126 valence electrons. The van der Waals surface area contributed by atoms with Gasteiger partial charge in [-0.25, -0.2) is 20.8 Å². The standard InChI is InChI=1S/C17H23N7/c1-2-5-13(6-3-1)11-15-18-9-8-16(19-15)24-10-4-7-14(12-24)17-20-22-23-21-17/h1-3,5-6,8-9,14,17,20-23H,4,7,10-12H2. The Morgan fingerprint density at radius 3 is 2.75 bits per heavy atom. The van der Waals surface area contributed by atoms with Crippen molar-refractivity contribution in [3.63, 3.8) is 0 Å². The van der Waals surface area contributed by atoms with E-state index in [9.17, 15) is 0 Å². The molecular weight excluding hydrogens is 302 g/mol. The van der Waals surface area contributed by atoms with Crippen molar-refractivity contribution in [1.82, 2.24) is 31.9 Å². The average Bonchev–Trinajstić information content (AvgIpc) is 3.18. The van der Waals surface area contributed by atoms with E-state index in [1.165, 1.54) is 18.4 Å². The number of hydrogen-bond acceptors (Lipinski definition) is 7. The monoisotopic (exact) mass is 325 g/mol. The lowest BCUT2D eigenvalue weighted by Gasteiger charge is -2.35. The summed E-state index contributed by atoms with van der Waals surface area (Å²) in [6.45, 7) is 2.03. The molecule has 7 nitrogen and oxygen atoms in total. The molecule has 0 radical (unpaired) electrons. The van der Waals surface area contributed by atoms with Gasteiger partial charge in [0.05, 0.1) is 6.17 Å². The maximum absolute atomic E-state index is 4.80. The number of rotatable bonds is 4. The van der Waals surface area contributed by atoms with Crippen LogP contribution in [0, 0.1) is 5.92 Å². The second kappa shape index (κ2) is 7.23. The summed E-state index contributed by atoms with van der Waals surface area (Å²) in [5.74, 6) is 2.43. The Hall–Kier alpha value is -2.06. The molecule has 4 rings (SSSR count). The zero-order chi connectivity index (χ0) is 16.2. The van der Waals surface area contributed by atoms with Gasteiger partial charge in [-0.3, -0.25) is 0 Å². The number of hydrazine groups is 3. The number of nitrogens with zero attached hydrogens (tertiary/aromatic N) is 3. The molecule has 4 N–H and O–H groups in total. The van der Waals surface area contributed by atoms with Crippen LogP contribution in [0.2, 0.25) is 0 Å². The molecule has 0 bridgehead atoms. The SMILES string of the molecule is c1ccc(Cc2nccc(N3CCCC(C4NNNN4)C3)n2)cc1. The van der Waals surface area contributed by atoms with E-state index in [0.29, 0.717) is 5.92 Å². The van der Waals surface area contributed by atoms with Crippen molar-refractivity contribution in [1.29, 1.82) is 0 Å². The minimum Gasteiger partial charge on any atom is -0.356 e. The first kappa shape index (κ1) is 15.5. The Balaban J connectivity index is 1.46. The zero-order valence-corrected chi connectivity index (χ0v) is 13.6. The van der Waals surface area contributed by atoms with Gasteiger partial charge in [0, 0.05) is 31.6 Å². The van der Waals surface area contributed by atoms with Gasteiger partial charge in [0.15, 0.2) is 0 Å². The molecule has 1 aromatic carbocycles. The largest absolute Gasteiger partial charge is 0.356 e. The van der Waals surface area contributed by atoms with Crippen molar-refractivity contribution in [2.75, 3.05) is 18.0 Å². The summed E-state index contributed by atoms with van der Waals surface area (Å²) in [5.41, 5.74) is 13.5. The van der Waals surface area contributed by atoms with Crippen molar-refractivity contribution < 1.29 is 0 Å². The van der Waals surface area contributed by atoms with Crippen LogP contribution in [0.5, 0.6) is 0 Å². The van der Waals surface area contributed by atoms with E-state index in [2.05, 4.69) is 56.1 Å². The fourth-order valence-corrected chi connectivity index (χ4v) is 3.42. The van der Waals surface area contributed by atoms with Crippen LogP contribution in [0.3, 0.4) is 0 Å². The maximum Gasteiger partial charge on any atom is 0.135 e. The van der Waals surface area contributed by atoms with Gasteiger partial charge >= 0.3 is 0 Å². The van der Waals surface area contributed by atoms with Crippen LogP contribution in [0.4, 0.5) is 5.82 Å². The Labute approximate surface area is 141 Å². The van der Waals surface area contributed by atoms with Crippen molar-refractivity contribution in [2.45, 2.75) is 25.4 Å². The highest BCUT2D eigenvalue weighted by molar-refractivity contribution is 5.38. The second-order valence-electron chi connectivity index (χ2n) is 6.36. The van der Waals surface area contributed by atoms with Crippen LogP contribution < -0.4 is 26.8 Å². The van der Waals surface area contributed by atoms with Gasteiger partial charge in [-0.2, -0.15) is 11.1 Å². The number of benzene rings is 1. The molecule has 0 aliphatic carbocycles. The van der Waals surface area contributed by atoms with Crippen LogP contribution in [0.1, 0.15) is 24.2 Å². The summed E-state index contributed by atoms with van der Waals surface area (Å²) in [6.07, 6.45) is 5.25. The van der Waals surface area contributed by atoms with Crippen LogP contribution in [0.15, 0.2) is 42.6 Å². The minimum absolute atomic E-state index is 0.235. The van der Waals surface area contributed by atoms with E-state index in [-0.39, 0.29) is 6.17 Å². The summed E-state index contributed by atoms with van der Waals surface area (Å²) in [4.78, 5) is 11.6. The molecule has 2 aromatic rings. The summed E-state index contributed by atoms with van der Waals surface area (Å²) < 4.78 is 0. The van der Waals surface area contributed by atoms with E-state index in [4.69, 9.17) is 4.98 Å². The van der Waals surface area contributed by atoms with E-state index >= 15 is 0 Å². The molecule has 24 heavy (non-hydrogen) atoms. The predicted molar refractivity (Wildman–Crippen MR) is 92.5 cm³/mol. The lowest BCUT2D eigenvalue weighted by atomic mass is 9.95. The third-order valence-corrected chi connectivity index (χ3v) is 4.67. The first-order chi connectivity index (χ1) is 11.9. The summed E-state index contributed by atoms with van der Waals surface area (Å²) in [5, 5.41) is 0. The minimum atomic E-state index is 0.235. The molecule has 1 aromatic heterocycles. The van der Waals surface area contributed by atoms with Gasteiger partial charge in [0.1, 0.15) is 11.6 Å². The number of aromatic nitrogens is 2. The van der Waals surface area contributed by atoms with Crippen LogP contribution >= 0.6 is 0 Å². The maximum atomic E-state index is 4.80. The molecule has 3 heterocycles. The predicted octanol–water partition coefficient (Wildman–Crippen LogP) is 0.727. The molecule has 2 aliphatic heterocycles. The first-order valence-corrected chi connectivity index (χ1v) is 8.50. The Morgan fingerprint density at radius 1 is 1.08 bits per heavy atom. The molecule has 2 saturated heterocycles. The Kier molecular flexibility index (Phi) is 4.66.